The van der Waals surface area contributed by atoms with Gasteiger partial charge < -0.3 is 4.74 Å². The van der Waals surface area contributed by atoms with Crippen LogP contribution in [0, 0.1) is 0 Å². The van der Waals surface area contributed by atoms with Crippen molar-refractivity contribution in [2.24, 2.45) is 0 Å². The van der Waals surface area contributed by atoms with E-state index in [4.69, 9.17) is 27.9 Å². The smallest absolute Gasteiger partial charge is 0.283 e. The second-order valence-electron chi connectivity index (χ2n) is 5.03. The van der Waals surface area contributed by atoms with Crippen LogP contribution in [0.15, 0.2) is 67.0 Å². The summed E-state index contributed by atoms with van der Waals surface area (Å²) in [4.78, 5) is 16.4. The standard InChI is InChI=1S/C18H12Cl2N2O3/c19-12-6-7-16(17(20)9-12)18(23)22(24)13-3-1-4-14(10-13)25-15-5-2-8-21-11-15/h1-11,24H. The summed E-state index contributed by atoms with van der Waals surface area (Å²) in [5.74, 6) is 0.302. The molecule has 0 aliphatic rings. The molecule has 0 radical (unpaired) electrons. The monoisotopic (exact) mass is 374 g/mol. The molecule has 0 bridgehead atoms. The highest BCUT2D eigenvalue weighted by atomic mass is 35.5. The van der Waals surface area contributed by atoms with Gasteiger partial charge in [0.2, 0.25) is 0 Å². The number of rotatable bonds is 4. The summed E-state index contributed by atoms with van der Waals surface area (Å²) in [6, 6.07) is 14.3. The molecule has 1 amide bonds. The number of amides is 1. The van der Waals surface area contributed by atoms with Crippen molar-refractivity contribution in [2.75, 3.05) is 5.06 Å². The molecule has 0 aliphatic carbocycles. The van der Waals surface area contributed by atoms with Crippen LogP contribution < -0.4 is 9.80 Å². The van der Waals surface area contributed by atoms with E-state index in [-0.39, 0.29) is 16.3 Å². The van der Waals surface area contributed by atoms with Crippen molar-refractivity contribution in [3.05, 3.63) is 82.6 Å². The summed E-state index contributed by atoms with van der Waals surface area (Å²) in [7, 11) is 0. The Labute approximate surface area is 154 Å². The van der Waals surface area contributed by atoms with Crippen LogP contribution in [0.25, 0.3) is 0 Å². The van der Waals surface area contributed by atoms with Crippen LogP contribution >= 0.6 is 23.2 Å². The molecular weight excluding hydrogens is 363 g/mol. The first-order chi connectivity index (χ1) is 12.0. The van der Waals surface area contributed by atoms with Gasteiger partial charge in [0.05, 0.1) is 22.5 Å². The molecule has 1 heterocycles. The lowest BCUT2D eigenvalue weighted by molar-refractivity contribution is 0.0855. The molecule has 0 aliphatic heterocycles. The highest BCUT2D eigenvalue weighted by molar-refractivity contribution is 6.37. The summed E-state index contributed by atoms with van der Waals surface area (Å²) in [6.07, 6.45) is 3.19. The van der Waals surface area contributed by atoms with Crippen LogP contribution in [0.4, 0.5) is 5.69 Å². The Hall–Kier alpha value is -2.60. The summed E-state index contributed by atoms with van der Waals surface area (Å²) < 4.78 is 5.64. The van der Waals surface area contributed by atoms with Gasteiger partial charge in [-0.05, 0) is 42.5 Å². The molecule has 1 N–H and O–H groups in total. The molecule has 5 nitrogen and oxygen atoms in total. The number of hydrogen-bond acceptors (Lipinski definition) is 4. The first-order valence-electron chi connectivity index (χ1n) is 7.21. The van der Waals surface area contributed by atoms with Crippen molar-refractivity contribution >= 4 is 34.8 Å². The second-order valence-corrected chi connectivity index (χ2v) is 5.87. The van der Waals surface area contributed by atoms with E-state index in [1.54, 1.807) is 42.7 Å². The largest absolute Gasteiger partial charge is 0.456 e. The quantitative estimate of drug-likeness (QED) is 0.502. The van der Waals surface area contributed by atoms with E-state index < -0.39 is 5.91 Å². The Morgan fingerprint density at radius 1 is 1.04 bits per heavy atom. The van der Waals surface area contributed by atoms with Gasteiger partial charge in [-0.25, -0.2) is 0 Å². The maximum absolute atomic E-state index is 12.4. The average Bonchev–Trinajstić information content (AvgIpc) is 2.62. The lowest BCUT2D eigenvalue weighted by Gasteiger charge is -2.17. The third-order valence-electron chi connectivity index (χ3n) is 3.29. The van der Waals surface area contributed by atoms with Crippen LogP contribution in [0.5, 0.6) is 11.5 Å². The molecule has 0 saturated heterocycles. The van der Waals surface area contributed by atoms with E-state index >= 15 is 0 Å². The zero-order valence-corrected chi connectivity index (χ0v) is 14.3. The molecule has 1 aromatic heterocycles. The van der Waals surface area contributed by atoms with E-state index in [9.17, 15) is 10.0 Å². The minimum Gasteiger partial charge on any atom is -0.456 e. The van der Waals surface area contributed by atoms with Gasteiger partial charge in [0.15, 0.2) is 0 Å². The third kappa shape index (κ3) is 4.09. The maximum atomic E-state index is 12.4. The predicted octanol–water partition coefficient (Wildman–Crippen LogP) is 5.22. The molecule has 25 heavy (non-hydrogen) atoms. The number of carbonyl (C=O) groups is 1. The van der Waals surface area contributed by atoms with Gasteiger partial charge in [-0.15, -0.1) is 0 Å². The molecule has 7 heteroatoms. The third-order valence-corrected chi connectivity index (χ3v) is 3.83. The van der Waals surface area contributed by atoms with Gasteiger partial charge >= 0.3 is 0 Å². The number of hydrogen-bond donors (Lipinski definition) is 1. The second kappa shape index (κ2) is 7.53. The number of benzene rings is 2. The van der Waals surface area contributed by atoms with E-state index in [1.165, 1.54) is 24.3 Å². The van der Waals surface area contributed by atoms with Crippen molar-refractivity contribution in [1.29, 1.82) is 0 Å². The number of aromatic nitrogens is 1. The first-order valence-corrected chi connectivity index (χ1v) is 7.96. The van der Waals surface area contributed by atoms with E-state index in [2.05, 4.69) is 4.98 Å². The normalized spacial score (nSPS) is 10.4. The molecule has 2 aromatic carbocycles. The van der Waals surface area contributed by atoms with Crippen LogP contribution in [0.1, 0.15) is 10.4 Å². The van der Waals surface area contributed by atoms with Gasteiger partial charge in [0.25, 0.3) is 5.91 Å². The lowest BCUT2D eigenvalue weighted by atomic mass is 10.2. The number of pyridine rings is 1. The van der Waals surface area contributed by atoms with Gasteiger partial charge in [-0.1, -0.05) is 29.3 Å². The number of nitrogens with zero attached hydrogens (tertiary/aromatic N) is 2. The first kappa shape index (κ1) is 17.2. The summed E-state index contributed by atoms with van der Waals surface area (Å²) in [6.45, 7) is 0. The minimum atomic E-state index is -0.680. The number of carbonyl (C=O) groups excluding carboxylic acids is 1. The number of anilines is 1. The zero-order valence-electron chi connectivity index (χ0n) is 12.8. The average molecular weight is 375 g/mol. The Morgan fingerprint density at radius 3 is 2.56 bits per heavy atom. The fraction of sp³-hybridized carbons (Fsp3) is 0. The highest BCUT2D eigenvalue weighted by Gasteiger charge is 2.19. The van der Waals surface area contributed by atoms with E-state index in [1.807, 2.05) is 0 Å². The summed E-state index contributed by atoms with van der Waals surface area (Å²) in [5, 5.41) is 11.3. The molecule has 3 rings (SSSR count). The van der Waals surface area contributed by atoms with Crippen LogP contribution in [0.3, 0.4) is 0 Å². The molecular formula is C18H12Cl2N2O3. The van der Waals surface area contributed by atoms with Crippen molar-refractivity contribution < 1.29 is 14.7 Å². The van der Waals surface area contributed by atoms with Gasteiger partial charge in [0.1, 0.15) is 11.5 Å². The van der Waals surface area contributed by atoms with E-state index in [0.717, 1.165) is 0 Å². The van der Waals surface area contributed by atoms with Crippen molar-refractivity contribution in [2.45, 2.75) is 0 Å². The topological polar surface area (TPSA) is 62.7 Å². The van der Waals surface area contributed by atoms with Gasteiger partial charge in [0, 0.05) is 17.3 Å². The van der Waals surface area contributed by atoms with Gasteiger partial charge in [-0.2, -0.15) is 5.06 Å². The fourth-order valence-electron chi connectivity index (χ4n) is 2.12. The number of ether oxygens (including phenoxy) is 1. The Bertz CT molecular complexity index is 904. The van der Waals surface area contributed by atoms with Crippen LogP contribution in [-0.4, -0.2) is 16.1 Å². The summed E-state index contributed by atoms with van der Waals surface area (Å²) in [5.41, 5.74) is 0.365. The van der Waals surface area contributed by atoms with Crippen LogP contribution in [0.2, 0.25) is 10.0 Å². The highest BCUT2D eigenvalue weighted by Crippen LogP contribution is 2.27. The number of halogens is 2. The lowest BCUT2D eigenvalue weighted by Crippen LogP contribution is -2.27. The van der Waals surface area contributed by atoms with Crippen molar-refractivity contribution in [1.82, 2.24) is 4.98 Å². The molecule has 3 aromatic rings. The molecule has 0 fully saturated rings. The van der Waals surface area contributed by atoms with Crippen molar-refractivity contribution in [3.63, 3.8) is 0 Å². The van der Waals surface area contributed by atoms with E-state index in [0.29, 0.717) is 21.6 Å². The molecule has 0 spiro atoms. The Kier molecular flexibility index (Phi) is 5.19. The predicted molar refractivity (Wildman–Crippen MR) is 95.8 cm³/mol. The minimum absolute atomic E-state index is 0.132. The number of hydroxylamine groups is 1. The molecule has 0 saturated carbocycles. The maximum Gasteiger partial charge on any atom is 0.283 e. The fourth-order valence-corrected chi connectivity index (χ4v) is 2.61. The SMILES string of the molecule is O=C(c1ccc(Cl)cc1Cl)N(O)c1cccc(Oc2cccnc2)c1. The zero-order chi connectivity index (χ0) is 17.8. The molecule has 126 valence electrons. The Balaban J connectivity index is 1.83. The Morgan fingerprint density at radius 2 is 1.84 bits per heavy atom. The molecule has 0 unspecified atom stereocenters. The summed E-state index contributed by atoms with van der Waals surface area (Å²) >= 11 is 11.8. The van der Waals surface area contributed by atoms with Gasteiger partial charge in [-0.3, -0.25) is 15.0 Å². The molecule has 0 atom stereocenters. The van der Waals surface area contributed by atoms with Crippen LogP contribution in [-0.2, 0) is 0 Å². The van der Waals surface area contributed by atoms with Crippen molar-refractivity contribution in [3.8, 4) is 11.5 Å².